The fourth-order valence-corrected chi connectivity index (χ4v) is 7.05. The van der Waals surface area contributed by atoms with Gasteiger partial charge in [-0.3, -0.25) is 4.79 Å². The molecule has 5 heteroatoms. The van der Waals surface area contributed by atoms with Gasteiger partial charge in [-0.2, -0.15) is 4.99 Å². The topological polar surface area (TPSA) is 90.7 Å². The molecule has 3 rings (SSSR count). The van der Waals surface area contributed by atoms with E-state index in [1.807, 2.05) is 6.92 Å². The van der Waals surface area contributed by atoms with E-state index in [0.717, 1.165) is 25.2 Å². The second-order valence-corrected chi connectivity index (χ2v) is 10.5. The predicted octanol–water partition coefficient (Wildman–Crippen LogP) is 3.75. The summed E-state index contributed by atoms with van der Waals surface area (Å²) in [6.45, 7) is 11.8. The molecule has 3 aliphatic rings. The van der Waals surface area contributed by atoms with Gasteiger partial charge in [-0.25, -0.2) is 0 Å². The Balaban J connectivity index is 1.82. The van der Waals surface area contributed by atoms with Crippen LogP contribution in [0.15, 0.2) is 4.99 Å². The molecule has 1 heterocycles. The first-order chi connectivity index (χ1) is 11.9. The summed E-state index contributed by atoms with van der Waals surface area (Å²) in [6.07, 6.45) is 8.50. The fraction of sp³-hybridized carbons (Fsp3) is 0.905. The van der Waals surface area contributed by atoms with Crippen LogP contribution in [0.2, 0.25) is 0 Å². The monoisotopic (exact) mass is 363 g/mol. The minimum Gasteiger partial charge on any atom is -0.370 e. The van der Waals surface area contributed by atoms with E-state index in [9.17, 15) is 4.79 Å². The molecule has 1 amide bonds. The highest BCUT2D eigenvalue weighted by Gasteiger charge is 2.61. The van der Waals surface area contributed by atoms with Crippen molar-refractivity contribution in [3.05, 3.63) is 0 Å². The van der Waals surface area contributed by atoms with Crippen LogP contribution in [0.5, 0.6) is 0 Å². The van der Waals surface area contributed by atoms with Crippen molar-refractivity contribution in [2.45, 2.75) is 97.2 Å². The van der Waals surface area contributed by atoms with E-state index in [-0.39, 0.29) is 23.9 Å². The lowest BCUT2D eigenvalue weighted by Gasteiger charge is -2.65. The van der Waals surface area contributed by atoms with Gasteiger partial charge in [0, 0.05) is 0 Å². The van der Waals surface area contributed by atoms with Crippen molar-refractivity contribution in [3.8, 4) is 0 Å². The van der Waals surface area contributed by atoms with Gasteiger partial charge in [0.2, 0.25) is 0 Å². The molecule has 3 fully saturated rings. The Morgan fingerprint density at radius 2 is 1.65 bits per heavy atom. The molecular weight excluding hydrogens is 326 g/mol. The lowest BCUT2D eigenvalue weighted by molar-refractivity contribution is -0.265. The number of hydrogen-bond donors (Lipinski definition) is 2. The quantitative estimate of drug-likeness (QED) is 0.577. The summed E-state index contributed by atoms with van der Waals surface area (Å²) in [5, 5.41) is 0. The molecule has 1 saturated heterocycles. The predicted molar refractivity (Wildman–Crippen MR) is 105 cm³/mol. The van der Waals surface area contributed by atoms with E-state index in [0.29, 0.717) is 16.7 Å². The minimum absolute atomic E-state index is 0.163. The van der Waals surface area contributed by atoms with E-state index < -0.39 is 5.60 Å². The third-order valence-corrected chi connectivity index (χ3v) is 7.96. The number of nitrogens with two attached hydrogens (primary N) is 2. The van der Waals surface area contributed by atoms with Crippen molar-refractivity contribution in [2.75, 3.05) is 0 Å². The maximum atomic E-state index is 12.1. The molecule has 148 valence electrons. The Hall–Kier alpha value is -1.10. The number of nitrogens with zero attached hydrogens (tertiary/aromatic N) is 1. The van der Waals surface area contributed by atoms with Crippen LogP contribution in [0, 0.1) is 22.7 Å². The molecule has 26 heavy (non-hydrogen) atoms. The van der Waals surface area contributed by atoms with Crippen molar-refractivity contribution in [3.63, 3.8) is 0 Å². The largest absolute Gasteiger partial charge is 0.370 e. The van der Waals surface area contributed by atoms with E-state index >= 15 is 0 Å². The number of hydrogen-bond acceptors (Lipinski definition) is 2. The zero-order chi connectivity index (χ0) is 19.4. The molecule has 0 aromatic heterocycles. The van der Waals surface area contributed by atoms with Gasteiger partial charge in [0.15, 0.2) is 5.96 Å². The van der Waals surface area contributed by atoms with E-state index in [4.69, 9.17) is 16.2 Å². The van der Waals surface area contributed by atoms with Gasteiger partial charge in [-0.15, -0.1) is 0 Å². The van der Waals surface area contributed by atoms with Crippen LogP contribution in [0.4, 0.5) is 0 Å². The zero-order valence-corrected chi connectivity index (χ0v) is 17.2. The first-order valence-electron chi connectivity index (χ1n) is 10.2. The maximum absolute atomic E-state index is 12.1. The molecule has 0 bridgehead atoms. The summed E-state index contributed by atoms with van der Waals surface area (Å²) < 4.78 is 6.73. The number of rotatable bonds is 2. The minimum atomic E-state index is -0.478. The Kier molecular flexibility index (Phi) is 4.70. The number of ether oxygens (including phenoxy) is 1. The van der Waals surface area contributed by atoms with Crippen LogP contribution in [0.1, 0.15) is 86.0 Å². The number of guanidine groups is 1. The van der Waals surface area contributed by atoms with E-state index in [2.05, 4.69) is 32.7 Å². The number of carbonyl (C=O) groups is 1. The molecule has 2 saturated carbocycles. The lowest BCUT2D eigenvalue weighted by atomic mass is 9.44. The van der Waals surface area contributed by atoms with Crippen LogP contribution >= 0.6 is 0 Å². The van der Waals surface area contributed by atoms with Crippen molar-refractivity contribution < 1.29 is 9.53 Å². The maximum Gasteiger partial charge on any atom is 0.251 e. The molecule has 1 aliphatic heterocycles. The molecule has 0 unspecified atom stereocenters. The second kappa shape index (κ2) is 6.22. The molecule has 4 N–H and O–H groups in total. The summed E-state index contributed by atoms with van der Waals surface area (Å²) in [5.41, 5.74) is 10.8. The first-order valence-corrected chi connectivity index (χ1v) is 10.2. The number of amides is 1. The van der Waals surface area contributed by atoms with Gasteiger partial charge in [-0.05, 0) is 75.0 Å². The third-order valence-electron chi connectivity index (χ3n) is 7.96. The molecular formula is C21H37N3O2. The average Bonchev–Trinajstić information content (AvgIpc) is 2.43. The standard InChI is InChI=1S/C21H37N3O2/c1-18(2)9-6-10-20(4)14(18)8-12-21(5)15(20)7-11-19(3,26-21)13-16(25)24-17(22)23/h14-15H,6-13H2,1-5H3,(H4,22,23,24,25)/t14-,15+,19+,20-,21+/m0/s1. The van der Waals surface area contributed by atoms with Crippen molar-refractivity contribution in [1.82, 2.24) is 0 Å². The van der Waals surface area contributed by atoms with Crippen LogP contribution < -0.4 is 11.5 Å². The van der Waals surface area contributed by atoms with Gasteiger partial charge in [-0.1, -0.05) is 27.2 Å². The Morgan fingerprint density at radius 1 is 1.00 bits per heavy atom. The van der Waals surface area contributed by atoms with E-state index in [1.54, 1.807) is 0 Å². The summed E-state index contributed by atoms with van der Waals surface area (Å²) in [5.74, 6) is 0.863. The summed E-state index contributed by atoms with van der Waals surface area (Å²) in [4.78, 5) is 15.8. The highest BCUT2D eigenvalue weighted by Crippen LogP contribution is 2.65. The van der Waals surface area contributed by atoms with Crippen LogP contribution in [-0.4, -0.2) is 23.1 Å². The number of fused-ring (bicyclic) bond motifs is 3. The third kappa shape index (κ3) is 3.28. The van der Waals surface area contributed by atoms with Crippen LogP contribution in [-0.2, 0) is 9.53 Å². The normalized spacial score (nSPS) is 44.5. The van der Waals surface area contributed by atoms with E-state index in [1.165, 1.54) is 25.7 Å². The van der Waals surface area contributed by atoms with Gasteiger partial charge < -0.3 is 16.2 Å². The Bertz CT molecular complexity index is 612. The van der Waals surface area contributed by atoms with Crippen molar-refractivity contribution >= 4 is 11.9 Å². The first kappa shape index (κ1) is 19.7. The van der Waals surface area contributed by atoms with Crippen molar-refractivity contribution in [2.24, 2.45) is 39.1 Å². The molecule has 2 aliphatic carbocycles. The number of aliphatic imine (C=N–C) groups is 1. The second-order valence-electron chi connectivity index (χ2n) is 10.5. The van der Waals surface area contributed by atoms with Gasteiger partial charge in [0.25, 0.3) is 5.91 Å². The molecule has 0 aromatic rings. The number of carbonyl (C=O) groups excluding carboxylic acids is 1. The molecule has 0 radical (unpaired) electrons. The van der Waals surface area contributed by atoms with Gasteiger partial charge in [0.05, 0.1) is 17.6 Å². The van der Waals surface area contributed by atoms with Crippen LogP contribution in [0.25, 0.3) is 0 Å². The summed E-state index contributed by atoms with van der Waals surface area (Å²) in [6, 6.07) is 0. The fourth-order valence-electron chi connectivity index (χ4n) is 7.05. The van der Waals surface area contributed by atoms with Gasteiger partial charge in [0.1, 0.15) is 0 Å². The van der Waals surface area contributed by atoms with Crippen LogP contribution in [0.3, 0.4) is 0 Å². The molecule has 5 atom stereocenters. The Morgan fingerprint density at radius 3 is 2.31 bits per heavy atom. The lowest BCUT2D eigenvalue weighted by Crippen LogP contribution is -2.63. The van der Waals surface area contributed by atoms with Crippen molar-refractivity contribution in [1.29, 1.82) is 0 Å². The Labute approximate surface area is 158 Å². The highest BCUT2D eigenvalue weighted by atomic mass is 16.5. The summed E-state index contributed by atoms with van der Waals surface area (Å²) in [7, 11) is 0. The SMILES string of the molecule is CC1(C)CCC[C@]2(C)[C@H]3CC[C@](C)(CC(=O)N=C(N)N)O[C@]3(C)CC[C@@H]12. The summed E-state index contributed by atoms with van der Waals surface area (Å²) >= 11 is 0. The highest BCUT2D eigenvalue weighted by molar-refractivity contribution is 5.91. The van der Waals surface area contributed by atoms with Gasteiger partial charge >= 0.3 is 0 Å². The molecule has 5 nitrogen and oxygen atoms in total. The smallest absolute Gasteiger partial charge is 0.251 e. The molecule has 0 spiro atoms. The molecule has 0 aromatic carbocycles. The average molecular weight is 364 g/mol. The zero-order valence-electron chi connectivity index (χ0n) is 17.2.